The van der Waals surface area contributed by atoms with Gasteiger partial charge in [0.15, 0.2) is 0 Å². The molecule has 1 aromatic rings. The Hall–Kier alpha value is -0.930. The molecule has 2 fully saturated rings. The van der Waals surface area contributed by atoms with Gasteiger partial charge in [0.1, 0.15) is 0 Å². The molecule has 0 spiro atoms. The van der Waals surface area contributed by atoms with Gasteiger partial charge >= 0.3 is 5.97 Å². The van der Waals surface area contributed by atoms with Gasteiger partial charge in [0, 0.05) is 6.04 Å². The molecule has 2 aliphatic rings. The van der Waals surface area contributed by atoms with Gasteiger partial charge in [-0.2, -0.15) is 0 Å². The van der Waals surface area contributed by atoms with E-state index in [0.717, 1.165) is 12.3 Å². The van der Waals surface area contributed by atoms with Gasteiger partial charge < -0.3 is 10.4 Å². The molecule has 3 nitrogen and oxygen atoms in total. The number of fused-ring (bicyclic) bond motifs is 2. The molecule has 2 aliphatic carbocycles. The van der Waals surface area contributed by atoms with Crippen molar-refractivity contribution in [1.82, 2.24) is 0 Å². The Balaban J connectivity index is 1.83. The Bertz CT molecular complexity index is 509. The summed E-state index contributed by atoms with van der Waals surface area (Å²) in [6.45, 7) is 0. The summed E-state index contributed by atoms with van der Waals surface area (Å²) in [5.74, 6) is 0.518. The molecule has 0 radical (unpaired) electrons. The lowest BCUT2D eigenvalue weighted by atomic mass is 9.95. The van der Waals surface area contributed by atoms with Crippen LogP contribution in [0.15, 0.2) is 12.1 Å². The Morgan fingerprint density at radius 3 is 2.37 bits per heavy atom. The Morgan fingerprint density at radius 2 is 1.89 bits per heavy atom. The molecule has 2 N–H and O–H groups in total. The highest BCUT2D eigenvalue weighted by Gasteiger charge is 2.39. The van der Waals surface area contributed by atoms with Crippen molar-refractivity contribution in [3.8, 4) is 0 Å². The van der Waals surface area contributed by atoms with Gasteiger partial charge in [0.25, 0.3) is 0 Å². The summed E-state index contributed by atoms with van der Waals surface area (Å²) < 4.78 is 0. The normalized spacial score (nSPS) is 28.6. The van der Waals surface area contributed by atoms with Crippen molar-refractivity contribution >= 4 is 34.9 Å². The summed E-state index contributed by atoms with van der Waals surface area (Å²) in [7, 11) is 0. The molecular weight excluding hydrogens is 285 g/mol. The quantitative estimate of drug-likeness (QED) is 0.875. The van der Waals surface area contributed by atoms with Crippen LogP contribution in [0.25, 0.3) is 0 Å². The summed E-state index contributed by atoms with van der Waals surface area (Å²) in [6.07, 6.45) is 5.06. The lowest BCUT2D eigenvalue weighted by Gasteiger charge is -2.25. The number of hydrogen-bond acceptors (Lipinski definition) is 2. The number of aromatic carboxylic acids is 1. The van der Waals surface area contributed by atoms with Crippen molar-refractivity contribution in [2.45, 2.75) is 31.7 Å². The number of hydrogen-bond donors (Lipinski definition) is 2. The number of carboxylic acid groups (broad SMARTS) is 1. The highest BCUT2D eigenvalue weighted by atomic mass is 35.5. The molecule has 1 aromatic carbocycles. The van der Waals surface area contributed by atoms with Crippen LogP contribution >= 0.6 is 23.2 Å². The third kappa shape index (κ3) is 2.41. The molecule has 0 amide bonds. The van der Waals surface area contributed by atoms with E-state index in [1.165, 1.54) is 31.4 Å². The van der Waals surface area contributed by atoms with Gasteiger partial charge in [-0.15, -0.1) is 0 Å². The standard InChI is InChI=1S/C14H15Cl2NO2/c15-10-5-9(14(18)19)6-11(16)13(10)17-12-4-7-1-2-8(12)3-7/h5-8,12,17H,1-4H2,(H,18,19). The van der Waals surface area contributed by atoms with Gasteiger partial charge in [-0.25, -0.2) is 4.79 Å². The minimum absolute atomic E-state index is 0.119. The van der Waals surface area contributed by atoms with Crippen molar-refractivity contribution in [2.75, 3.05) is 5.32 Å². The second-order valence-corrected chi connectivity index (χ2v) is 6.36. The van der Waals surface area contributed by atoms with Crippen LogP contribution in [0.3, 0.4) is 0 Å². The zero-order valence-corrected chi connectivity index (χ0v) is 11.8. The molecule has 5 heteroatoms. The smallest absolute Gasteiger partial charge is 0.335 e. The fourth-order valence-corrected chi connectivity index (χ4v) is 4.04. The summed E-state index contributed by atoms with van der Waals surface area (Å²) in [5.41, 5.74) is 0.791. The van der Waals surface area contributed by atoms with Gasteiger partial charge in [0.2, 0.25) is 0 Å². The molecule has 0 aliphatic heterocycles. The van der Waals surface area contributed by atoms with Gasteiger partial charge in [-0.3, -0.25) is 0 Å². The van der Waals surface area contributed by atoms with Crippen molar-refractivity contribution < 1.29 is 9.90 Å². The Labute approximate surface area is 121 Å². The lowest BCUT2D eigenvalue weighted by molar-refractivity contribution is 0.0697. The average Bonchev–Trinajstić information content (AvgIpc) is 2.95. The predicted molar refractivity (Wildman–Crippen MR) is 76.3 cm³/mol. The van der Waals surface area contributed by atoms with Gasteiger partial charge in [-0.05, 0) is 43.2 Å². The predicted octanol–water partition coefficient (Wildman–Crippen LogP) is 4.29. The van der Waals surface area contributed by atoms with Crippen molar-refractivity contribution in [2.24, 2.45) is 11.8 Å². The maximum atomic E-state index is 10.9. The molecular formula is C14H15Cl2NO2. The van der Waals surface area contributed by atoms with Crippen LogP contribution in [-0.4, -0.2) is 17.1 Å². The number of benzene rings is 1. The monoisotopic (exact) mass is 299 g/mol. The second-order valence-electron chi connectivity index (χ2n) is 5.55. The van der Waals surface area contributed by atoms with E-state index in [9.17, 15) is 4.79 Å². The SMILES string of the molecule is O=C(O)c1cc(Cl)c(NC2CC3CCC2C3)c(Cl)c1. The van der Waals surface area contributed by atoms with E-state index in [1.807, 2.05) is 0 Å². The molecule has 19 heavy (non-hydrogen) atoms. The van der Waals surface area contributed by atoms with E-state index in [2.05, 4.69) is 5.32 Å². The van der Waals surface area contributed by atoms with E-state index in [1.54, 1.807) is 0 Å². The van der Waals surface area contributed by atoms with Gasteiger partial charge in [0.05, 0.1) is 21.3 Å². The third-order valence-electron chi connectivity index (χ3n) is 4.36. The van der Waals surface area contributed by atoms with Crippen molar-refractivity contribution in [3.05, 3.63) is 27.7 Å². The zero-order chi connectivity index (χ0) is 13.6. The Morgan fingerprint density at radius 1 is 1.21 bits per heavy atom. The largest absolute Gasteiger partial charge is 0.478 e. The number of anilines is 1. The fraction of sp³-hybridized carbons (Fsp3) is 0.500. The summed E-state index contributed by atoms with van der Waals surface area (Å²) in [4.78, 5) is 10.9. The molecule has 2 saturated carbocycles. The topological polar surface area (TPSA) is 49.3 Å². The van der Waals surface area contributed by atoms with E-state index in [-0.39, 0.29) is 5.56 Å². The second kappa shape index (κ2) is 4.88. The fourth-order valence-electron chi connectivity index (χ4n) is 3.44. The summed E-state index contributed by atoms with van der Waals surface area (Å²) >= 11 is 12.3. The molecule has 0 aromatic heterocycles. The summed E-state index contributed by atoms with van der Waals surface area (Å²) in [5, 5.41) is 13.1. The van der Waals surface area contributed by atoms with Crippen molar-refractivity contribution in [3.63, 3.8) is 0 Å². The number of halogens is 2. The summed E-state index contributed by atoms with van der Waals surface area (Å²) in [6, 6.07) is 3.32. The van der Waals surface area contributed by atoms with Crippen LogP contribution in [0, 0.1) is 11.8 Å². The van der Waals surface area contributed by atoms with E-state index in [0.29, 0.717) is 27.7 Å². The van der Waals surface area contributed by atoms with Crippen molar-refractivity contribution in [1.29, 1.82) is 0 Å². The number of rotatable bonds is 3. The van der Waals surface area contributed by atoms with Crippen LogP contribution < -0.4 is 5.32 Å². The van der Waals surface area contributed by atoms with Crippen LogP contribution in [0.5, 0.6) is 0 Å². The molecule has 3 atom stereocenters. The number of carboxylic acids is 1. The first kappa shape index (κ1) is 13.1. The molecule has 0 heterocycles. The van der Waals surface area contributed by atoms with Crippen LogP contribution in [0.1, 0.15) is 36.0 Å². The minimum Gasteiger partial charge on any atom is -0.478 e. The van der Waals surface area contributed by atoms with E-state index in [4.69, 9.17) is 28.3 Å². The lowest BCUT2D eigenvalue weighted by Crippen LogP contribution is -2.26. The minimum atomic E-state index is -1.02. The average molecular weight is 300 g/mol. The van der Waals surface area contributed by atoms with Crippen LogP contribution in [0.2, 0.25) is 10.0 Å². The Kier molecular flexibility index (Phi) is 3.35. The zero-order valence-electron chi connectivity index (χ0n) is 10.3. The molecule has 3 unspecified atom stereocenters. The highest BCUT2D eigenvalue weighted by molar-refractivity contribution is 6.39. The van der Waals surface area contributed by atoms with Crippen LogP contribution in [0.4, 0.5) is 5.69 Å². The van der Waals surface area contributed by atoms with E-state index >= 15 is 0 Å². The van der Waals surface area contributed by atoms with Crippen LogP contribution in [-0.2, 0) is 0 Å². The number of nitrogens with one attached hydrogen (secondary N) is 1. The van der Waals surface area contributed by atoms with E-state index < -0.39 is 5.97 Å². The molecule has 0 saturated heterocycles. The maximum Gasteiger partial charge on any atom is 0.335 e. The third-order valence-corrected chi connectivity index (χ3v) is 4.95. The molecule has 102 valence electrons. The number of carbonyl (C=O) groups is 1. The molecule has 2 bridgehead atoms. The first-order chi connectivity index (χ1) is 9.04. The first-order valence-corrected chi connectivity index (χ1v) is 7.29. The highest BCUT2D eigenvalue weighted by Crippen LogP contribution is 2.46. The maximum absolute atomic E-state index is 10.9. The first-order valence-electron chi connectivity index (χ1n) is 6.53. The van der Waals surface area contributed by atoms with Gasteiger partial charge in [-0.1, -0.05) is 29.6 Å². The molecule has 3 rings (SSSR count).